The number of phenolic OH excluding ortho intramolecular Hbond substituents is 1. The van der Waals surface area contributed by atoms with Crippen molar-refractivity contribution in [3.8, 4) is 5.75 Å². The van der Waals surface area contributed by atoms with Crippen LogP contribution in [0.5, 0.6) is 5.75 Å². The quantitative estimate of drug-likeness (QED) is 0.573. The molecule has 2 atom stereocenters. The van der Waals surface area contributed by atoms with E-state index in [-0.39, 0.29) is 10.8 Å². The first-order valence-corrected chi connectivity index (χ1v) is 10.4. The molecule has 1 N–H and O–H groups in total. The highest BCUT2D eigenvalue weighted by Gasteiger charge is 2.40. The molecule has 2 aromatic carbocycles. The molecule has 0 radical (unpaired) electrons. The van der Waals surface area contributed by atoms with Crippen LogP contribution in [-0.4, -0.2) is 29.1 Å². The van der Waals surface area contributed by atoms with Gasteiger partial charge in [0.05, 0.1) is 10.6 Å². The van der Waals surface area contributed by atoms with Crippen LogP contribution in [0.1, 0.15) is 43.0 Å². The van der Waals surface area contributed by atoms with Gasteiger partial charge in [-0.15, -0.1) is 0 Å². The average Bonchev–Trinajstić information content (AvgIpc) is 2.69. The first-order valence-electron chi connectivity index (χ1n) is 9.63. The summed E-state index contributed by atoms with van der Waals surface area (Å²) >= 11 is 12.4. The largest absolute Gasteiger partial charge is 0.506 e. The second-order valence-corrected chi connectivity index (χ2v) is 8.46. The van der Waals surface area contributed by atoms with Gasteiger partial charge < -0.3 is 10.0 Å². The van der Waals surface area contributed by atoms with Gasteiger partial charge in [0.25, 0.3) is 0 Å². The summed E-state index contributed by atoms with van der Waals surface area (Å²) in [6.07, 6.45) is -0.855. The van der Waals surface area contributed by atoms with Crippen LogP contribution in [0.15, 0.2) is 36.4 Å². The summed E-state index contributed by atoms with van der Waals surface area (Å²) in [5.41, 5.74) is 0.290. The van der Waals surface area contributed by atoms with Gasteiger partial charge in [-0.1, -0.05) is 35.7 Å². The molecule has 2 aromatic rings. The molecule has 0 saturated carbocycles. The number of hydrogen-bond donors (Lipinski definition) is 1. The number of nitrogens with zero attached hydrogens (tertiary/aromatic N) is 2. The molecule has 0 aromatic heterocycles. The minimum absolute atomic E-state index is 0.0794. The maximum Gasteiger partial charge on any atom is 0.416 e. The van der Waals surface area contributed by atoms with E-state index in [2.05, 4.69) is 4.90 Å². The second kappa shape index (κ2) is 7.89. The van der Waals surface area contributed by atoms with Crippen molar-refractivity contribution in [1.29, 1.82) is 0 Å². The Morgan fingerprint density at radius 2 is 1.79 bits per heavy atom. The number of hydrogen-bond acceptors (Lipinski definition) is 3. The van der Waals surface area contributed by atoms with E-state index in [9.17, 15) is 18.3 Å². The van der Waals surface area contributed by atoms with Gasteiger partial charge in [-0.3, -0.25) is 4.90 Å². The third kappa shape index (κ3) is 4.03. The van der Waals surface area contributed by atoms with Crippen molar-refractivity contribution in [2.45, 2.75) is 44.1 Å². The molecule has 2 heterocycles. The number of alkyl halides is 3. The number of anilines is 1. The van der Waals surface area contributed by atoms with E-state index in [4.69, 9.17) is 23.2 Å². The number of piperidine rings is 1. The molecule has 8 heteroatoms. The van der Waals surface area contributed by atoms with Gasteiger partial charge >= 0.3 is 6.18 Å². The van der Waals surface area contributed by atoms with Crippen molar-refractivity contribution in [2.24, 2.45) is 0 Å². The fourth-order valence-electron chi connectivity index (χ4n) is 4.50. The first kappa shape index (κ1) is 20.6. The molecule has 2 aliphatic heterocycles. The Balaban J connectivity index is 1.82. The number of aromatic hydroxyl groups is 1. The predicted molar refractivity (Wildman–Crippen MR) is 109 cm³/mol. The van der Waals surface area contributed by atoms with Crippen LogP contribution < -0.4 is 4.90 Å². The lowest BCUT2D eigenvalue weighted by atomic mass is 9.92. The van der Waals surface area contributed by atoms with Crippen molar-refractivity contribution >= 4 is 28.9 Å². The van der Waals surface area contributed by atoms with E-state index in [0.717, 1.165) is 38.3 Å². The van der Waals surface area contributed by atoms with Crippen LogP contribution in [0.3, 0.4) is 0 Å². The predicted octanol–water partition coefficient (Wildman–Crippen LogP) is 6.48. The molecule has 0 bridgehead atoms. The highest BCUT2D eigenvalue weighted by Crippen LogP contribution is 2.45. The van der Waals surface area contributed by atoms with E-state index < -0.39 is 17.9 Å². The summed E-state index contributed by atoms with van der Waals surface area (Å²) in [5, 5.41) is 11.2. The molecule has 29 heavy (non-hydrogen) atoms. The van der Waals surface area contributed by atoms with E-state index in [1.807, 2.05) is 4.90 Å². The smallest absolute Gasteiger partial charge is 0.416 e. The van der Waals surface area contributed by atoms with E-state index in [0.29, 0.717) is 28.9 Å². The lowest BCUT2D eigenvalue weighted by Crippen LogP contribution is -2.54. The van der Waals surface area contributed by atoms with Gasteiger partial charge in [-0.05, 0) is 49.6 Å². The van der Waals surface area contributed by atoms with E-state index in [1.165, 1.54) is 18.2 Å². The minimum atomic E-state index is -4.42. The maximum absolute atomic E-state index is 13.3. The summed E-state index contributed by atoms with van der Waals surface area (Å²) in [6.45, 7) is 1.38. The molecular weight excluding hydrogens is 424 g/mol. The molecule has 2 aliphatic rings. The first-order chi connectivity index (χ1) is 13.8. The summed E-state index contributed by atoms with van der Waals surface area (Å²) in [5.74, 6) is -0.0794. The van der Waals surface area contributed by atoms with Crippen LogP contribution in [0.2, 0.25) is 10.0 Å². The molecular formula is C21H21Cl2F3N2O. The zero-order chi connectivity index (χ0) is 20.8. The fraction of sp³-hybridized carbons (Fsp3) is 0.429. The van der Waals surface area contributed by atoms with E-state index >= 15 is 0 Å². The van der Waals surface area contributed by atoms with Crippen LogP contribution in [0.4, 0.5) is 18.9 Å². The SMILES string of the molecule is Oc1c(Cl)cc(Cl)cc1C1N(c2cccc(C(F)(F)F)c2)CCC2CCCCN21. The molecule has 0 spiro atoms. The summed E-state index contributed by atoms with van der Waals surface area (Å²) in [6, 6.07) is 8.77. The fourth-order valence-corrected chi connectivity index (χ4v) is 5.01. The Kier molecular flexibility index (Phi) is 5.62. The van der Waals surface area contributed by atoms with E-state index in [1.54, 1.807) is 12.1 Å². The molecule has 156 valence electrons. The summed E-state index contributed by atoms with van der Waals surface area (Å²) < 4.78 is 39.9. The van der Waals surface area contributed by atoms with Gasteiger partial charge in [0.2, 0.25) is 0 Å². The van der Waals surface area contributed by atoms with Crippen LogP contribution in [-0.2, 0) is 6.18 Å². The normalized spacial score (nSPS) is 23.1. The highest BCUT2D eigenvalue weighted by atomic mass is 35.5. The van der Waals surface area contributed by atoms with Gasteiger partial charge in [0, 0.05) is 35.4 Å². The van der Waals surface area contributed by atoms with Gasteiger partial charge in [0.1, 0.15) is 11.9 Å². The molecule has 4 rings (SSSR count). The number of rotatable bonds is 2. The minimum Gasteiger partial charge on any atom is -0.506 e. The topological polar surface area (TPSA) is 26.7 Å². The van der Waals surface area contributed by atoms with Gasteiger partial charge in [-0.2, -0.15) is 13.2 Å². The van der Waals surface area contributed by atoms with Crippen molar-refractivity contribution in [3.05, 3.63) is 57.6 Å². The lowest BCUT2D eigenvalue weighted by Gasteiger charge is -2.51. The summed E-state index contributed by atoms with van der Waals surface area (Å²) in [4.78, 5) is 4.17. The summed E-state index contributed by atoms with van der Waals surface area (Å²) in [7, 11) is 0. The Bertz CT molecular complexity index is 906. The lowest BCUT2D eigenvalue weighted by molar-refractivity contribution is -0.137. The number of halogens is 5. The molecule has 2 saturated heterocycles. The van der Waals surface area contributed by atoms with Crippen molar-refractivity contribution in [3.63, 3.8) is 0 Å². The number of fused-ring (bicyclic) bond motifs is 1. The maximum atomic E-state index is 13.3. The van der Waals surface area contributed by atoms with Crippen LogP contribution >= 0.6 is 23.2 Å². The van der Waals surface area contributed by atoms with Crippen LogP contribution in [0, 0.1) is 0 Å². The second-order valence-electron chi connectivity index (χ2n) is 7.62. The van der Waals surface area contributed by atoms with Crippen molar-refractivity contribution in [1.82, 2.24) is 4.90 Å². The zero-order valence-corrected chi connectivity index (χ0v) is 17.1. The van der Waals surface area contributed by atoms with Gasteiger partial charge in [0.15, 0.2) is 0 Å². The standard InChI is InChI=1S/C21H21Cl2F3N2O/c22-14-11-17(19(29)18(23)12-14)20-27-8-2-1-5-15(27)7-9-28(20)16-6-3-4-13(10-16)21(24,25)26/h3-4,6,10-12,15,20,29H,1-2,5,7-9H2. The monoisotopic (exact) mass is 444 g/mol. The molecule has 3 nitrogen and oxygen atoms in total. The Labute approximate surface area is 177 Å². The van der Waals surface area contributed by atoms with Crippen molar-refractivity contribution < 1.29 is 18.3 Å². The van der Waals surface area contributed by atoms with Gasteiger partial charge in [-0.25, -0.2) is 0 Å². The Morgan fingerprint density at radius 1 is 1.00 bits per heavy atom. The van der Waals surface area contributed by atoms with Crippen molar-refractivity contribution in [2.75, 3.05) is 18.0 Å². The highest BCUT2D eigenvalue weighted by molar-refractivity contribution is 6.35. The number of phenols is 1. The third-order valence-electron chi connectivity index (χ3n) is 5.83. The Hall–Kier alpha value is -1.63. The molecule has 0 aliphatic carbocycles. The Morgan fingerprint density at radius 3 is 2.55 bits per heavy atom. The zero-order valence-electron chi connectivity index (χ0n) is 15.6. The molecule has 2 unspecified atom stereocenters. The molecule has 0 amide bonds. The third-order valence-corrected chi connectivity index (χ3v) is 6.33. The van der Waals surface area contributed by atoms with Crippen LogP contribution in [0.25, 0.3) is 0 Å². The average molecular weight is 445 g/mol. The number of benzene rings is 2. The molecule has 2 fully saturated rings.